The minimum absolute atomic E-state index is 0.607. The highest BCUT2D eigenvalue weighted by Crippen LogP contribution is 2.32. The van der Waals surface area contributed by atoms with E-state index in [0.29, 0.717) is 12.1 Å². The first-order valence-electron chi connectivity index (χ1n) is 11.1. The Labute approximate surface area is 182 Å². The first kappa shape index (κ1) is 19.7. The lowest BCUT2D eigenvalue weighted by Crippen LogP contribution is -2.48. The monoisotopic (exact) mass is 454 g/mol. The third kappa shape index (κ3) is 4.17. The first-order chi connectivity index (χ1) is 14.3. The highest BCUT2D eigenvalue weighted by atomic mass is 79.9. The van der Waals surface area contributed by atoms with Crippen LogP contribution in [0.15, 0.2) is 46.9 Å². The molecule has 154 valence electrons. The molecular formula is C24H31BrN4. The van der Waals surface area contributed by atoms with Gasteiger partial charge >= 0.3 is 0 Å². The van der Waals surface area contributed by atoms with Crippen LogP contribution < -0.4 is 10.6 Å². The summed E-state index contributed by atoms with van der Waals surface area (Å²) >= 11 is 3.55. The third-order valence-corrected chi connectivity index (χ3v) is 7.42. The maximum absolute atomic E-state index is 3.55. The summed E-state index contributed by atoms with van der Waals surface area (Å²) in [5, 5.41) is 6.97. The van der Waals surface area contributed by atoms with Crippen LogP contribution >= 0.6 is 15.9 Å². The molecule has 5 heteroatoms. The molecule has 29 heavy (non-hydrogen) atoms. The summed E-state index contributed by atoms with van der Waals surface area (Å²) in [4.78, 5) is 5.21. The van der Waals surface area contributed by atoms with Crippen LogP contribution in [0.4, 0.5) is 0 Å². The van der Waals surface area contributed by atoms with Crippen LogP contribution in [0.5, 0.6) is 0 Å². The summed E-state index contributed by atoms with van der Waals surface area (Å²) in [5.74, 6) is 0. The fourth-order valence-corrected chi connectivity index (χ4v) is 5.78. The molecule has 0 unspecified atom stereocenters. The topological polar surface area (TPSA) is 30.5 Å². The Bertz CT molecular complexity index is 855. The average molecular weight is 455 g/mol. The van der Waals surface area contributed by atoms with Gasteiger partial charge in [0, 0.05) is 68.9 Å². The summed E-state index contributed by atoms with van der Waals surface area (Å²) < 4.78 is 1.21. The van der Waals surface area contributed by atoms with E-state index in [0.717, 1.165) is 26.2 Å². The number of nitrogens with one attached hydrogen (secondary N) is 2. The van der Waals surface area contributed by atoms with Crippen LogP contribution in [0.1, 0.15) is 34.3 Å². The van der Waals surface area contributed by atoms with Gasteiger partial charge in [0.25, 0.3) is 0 Å². The fraction of sp³-hybridized carbons (Fsp3) is 0.500. The van der Waals surface area contributed by atoms with Crippen molar-refractivity contribution in [2.45, 2.75) is 24.9 Å². The highest BCUT2D eigenvalue weighted by molar-refractivity contribution is 9.10. The van der Waals surface area contributed by atoms with Gasteiger partial charge in [-0.3, -0.25) is 9.80 Å². The Morgan fingerprint density at radius 2 is 1.34 bits per heavy atom. The molecule has 0 spiro atoms. The summed E-state index contributed by atoms with van der Waals surface area (Å²) in [7, 11) is 0. The number of hydrogen-bond donors (Lipinski definition) is 2. The maximum Gasteiger partial charge on any atom is 0.0476 e. The summed E-state index contributed by atoms with van der Waals surface area (Å²) in [5.41, 5.74) is 6.15. The van der Waals surface area contributed by atoms with E-state index in [-0.39, 0.29) is 0 Å². The van der Waals surface area contributed by atoms with Crippen molar-refractivity contribution < 1.29 is 0 Å². The van der Waals surface area contributed by atoms with Crippen LogP contribution in [0, 0.1) is 0 Å². The van der Waals surface area contributed by atoms with E-state index in [1.165, 1.54) is 54.6 Å². The van der Waals surface area contributed by atoms with Crippen molar-refractivity contribution in [1.82, 2.24) is 20.4 Å². The van der Waals surface area contributed by atoms with Gasteiger partial charge in [-0.05, 0) is 47.2 Å². The van der Waals surface area contributed by atoms with Crippen molar-refractivity contribution in [2.75, 3.05) is 52.4 Å². The van der Waals surface area contributed by atoms with Crippen LogP contribution in [0.2, 0.25) is 0 Å². The maximum atomic E-state index is 3.55. The van der Waals surface area contributed by atoms with Crippen LogP contribution in [-0.4, -0.2) is 62.2 Å². The molecule has 2 aromatic rings. The van der Waals surface area contributed by atoms with E-state index >= 15 is 0 Å². The van der Waals surface area contributed by atoms with E-state index in [9.17, 15) is 0 Å². The quantitative estimate of drug-likeness (QED) is 0.639. The number of benzene rings is 2. The number of rotatable bonds is 0. The second-order valence-corrected chi connectivity index (χ2v) is 9.47. The van der Waals surface area contributed by atoms with Crippen molar-refractivity contribution in [1.29, 1.82) is 0 Å². The zero-order valence-corrected chi connectivity index (χ0v) is 18.6. The van der Waals surface area contributed by atoms with Crippen LogP contribution in [-0.2, 0) is 12.8 Å². The standard InChI is InChI=1S/C12H15BrN2.C12H16N2/c13-10-1-2-11-9(7-10)3-5-15-6-4-14-8-12(11)15;1-2-4-11-10(3-1)5-7-14-8-6-13-9-12(11)14/h1-2,7,12,14H,3-6,8H2;1-4,12-13H,5-9H2/t2*12-/m00/s1. The van der Waals surface area contributed by atoms with Crippen molar-refractivity contribution in [2.24, 2.45) is 0 Å². The van der Waals surface area contributed by atoms with E-state index in [2.05, 4.69) is 78.8 Å². The highest BCUT2D eigenvalue weighted by Gasteiger charge is 2.29. The number of nitrogens with zero attached hydrogens (tertiary/aromatic N) is 2. The van der Waals surface area contributed by atoms with Gasteiger partial charge in [0.2, 0.25) is 0 Å². The summed E-state index contributed by atoms with van der Waals surface area (Å²) in [6, 6.07) is 16.9. The van der Waals surface area contributed by atoms with E-state index in [4.69, 9.17) is 0 Å². The average Bonchev–Trinajstić information content (AvgIpc) is 2.79. The Morgan fingerprint density at radius 1 is 0.724 bits per heavy atom. The molecule has 0 aliphatic carbocycles. The molecular weight excluding hydrogens is 424 g/mol. The lowest BCUT2D eigenvalue weighted by Gasteiger charge is -2.40. The molecule has 2 saturated heterocycles. The summed E-state index contributed by atoms with van der Waals surface area (Å²) in [6.45, 7) is 9.38. The Kier molecular flexibility index (Phi) is 6.02. The molecule has 4 nitrogen and oxygen atoms in total. The second-order valence-electron chi connectivity index (χ2n) is 8.55. The smallest absolute Gasteiger partial charge is 0.0476 e. The van der Waals surface area contributed by atoms with Gasteiger partial charge in [-0.2, -0.15) is 0 Å². The van der Waals surface area contributed by atoms with Crippen LogP contribution in [0.25, 0.3) is 0 Å². The molecule has 6 rings (SSSR count). The molecule has 0 saturated carbocycles. The first-order valence-corrected chi connectivity index (χ1v) is 11.8. The van der Waals surface area contributed by atoms with Crippen LogP contribution in [0.3, 0.4) is 0 Å². The molecule has 2 fully saturated rings. The van der Waals surface area contributed by atoms with Gasteiger partial charge in [0.05, 0.1) is 0 Å². The van der Waals surface area contributed by atoms with Gasteiger partial charge in [-0.25, -0.2) is 0 Å². The molecule has 0 radical (unpaired) electrons. The van der Waals surface area contributed by atoms with Gasteiger partial charge < -0.3 is 10.6 Å². The van der Waals surface area contributed by atoms with Crippen molar-refractivity contribution in [3.8, 4) is 0 Å². The van der Waals surface area contributed by atoms with Crippen molar-refractivity contribution >= 4 is 15.9 Å². The zero-order chi connectivity index (χ0) is 19.6. The molecule has 2 N–H and O–H groups in total. The molecule has 4 aliphatic heterocycles. The predicted octanol–water partition coefficient (Wildman–Crippen LogP) is 3.14. The fourth-order valence-electron chi connectivity index (χ4n) is 5.37. The van der Waals surface area contributed by atoms with Gasteiger partial charge in [-0.1, -0.05) is 46.3 Å². The number of hydrogen-bond acceptors (Lipinski definition) is 4. The molecule has 4 heterocycles. The van der Waals surface area contributed by atoms with Gasteiger partial charge in [-0.15, -0.1) is 0 Å². The summed E-state index contributed by atoms with van der Waals surface area (Å²) in [6.07, 6.45) is 2.43. The Balaban J connectivity index is 0.000000125. The molecule has 2 aromatic carbocycles. The van der Waals surface area contributed by atoms with Gasteiger partial charge in [0.1, 0.15) is 0 Å². The Morgan fingerprint density at radius 3 is 2.07 bits per heavy atom. The largest absolute Gasteiger partial charge is 0.314 e. The van der Waals surface area contributed by atoms with Crippen molar-refractivity contribution in [3.05, 3.63) is 69.2 Å². The SMILES string of the molecule is Brc1ccc2c(c1)CCN1CCNC[C@@H]21.c1ccc2c(c1)CCN1CCNC[C@@H]21. The molecule has 0 amide bonds. The number of halogens is 1. The van der Waals surface area contributed by atoms with Gasteiger partial charge in [0.15, 0.2) is 0 Å². The third-order valence-electron chi connectivity index (χ3n) is 6.92. The Hall–Kier alpha value is -1.24. The normalized spacial score (nSPS) is 26.2. The molecule has 0 aromatic heterocycles. The molecule has 4 aliphatic rings. The number of fused-ring (bicyclic) bond motifs is 6. The number of piperazine rings is 2. The van der Waals surface area contributed by atoms with E-state index in [1.807, 2.05) is 0 Å². The molecule has 0 bridgehead atoms. The zero-order valence-electron chi connectivity index (χ0n) is 17.0. The van der Waals surface area contributed by atoms with Crippen molar-refractivity contribution in [3.63, 3.8) is 0 Å². The minimum atomic E-state index is 0.607. The predicted molar refractivity (Wildman–Crippen MR) is 122 cm³/mol. The molecule has 2 atom stereocenters. The van der Waals surface area contributed by atoms with E-state index < -0.39 is 0 Å². The van der Waals surface area contributed by atoms with E-state index in [1.54, 1.807) is 11.1 Å². The minimum Gasteiger partial charge on any atom is -0.314 e. The lowest BCUT2D eigenvalue weighted by molar-refractivity contribution is 0.152. The lowest BCUT2D eigenvalue weighted by atomic mass is 9.91. The second kappa shape index (κ2) is 8.86.